The van der Waals surface area contributed by atoms with Gasteiger partial charge in [0.15, 0.2) is 0 Å². The van der Waals surface area contributed by atoms with E-state index in [1.165, 1.54) is 70.9 Å². The van der Waals surface area contributed by atoms with Crippen LogP contribution in [0.4, 0.5) is 0 Å². The fourth-order valence-electron chi connectivity index (χ4n) is 2.23. The van der Waals surface area contributed by atoms with Crippen LogP contribution in [0.2, 0.25) is 0 Å². The van der Waals surface area contributed by atoms with Gasteiger partial charge in [-0.25, -0.2) is 0 Å². The molecule has 0 saturated heterocycles. The normalized spacial score (nSPS) is 12.8. The van der Waals surface area contributed by atoms with Crippen LogP contribution in [0.3, 0.4) is 0 Å². The molecule has 14 N–H and O–H groups in total. The molecule has 0 aliphatic carbocycles. The summed E-state index contributed by atoms with van der Waals surface area (Å²) in [5.74, 6) is -2.95. The molecule has 4 atom stereocenters. The highest BCUT2D eigenvalue weighted by Crippen LogP contribution is 2.23. The summed E-state index contributed by atoms with van der Waals surface area (Å²) in [6.45, 7) is 5.14. The van der Waals surface area contributed by atoms with Crippen molar-refractivity contribution in [2.24, 2.45) is 22.9 Å². The van der Waals surface area contributed by atoms with Gasteiger partial charge in [0.05, 0.1) is 0 Å². The van der Waals surface area contributed by atoms with E-state index in [9.17, 15) is 38.4 Å². The van der Waals surface area contributed by atoms with Gasteiger partial charge in [0.1, 0.15) is 24.2 Å². The second kappa shape index (κ2) is 23.8. The molecule has 0 radical (unpaired) electrons. The minimum Gasteiger partial charge on any atom is -0.412 e. The van der Waals surface area contributed by atoms with Gasteiger partial charge in [-0.1, -0.05) is 43.2 Å². The summed E-state index contributed by atoms with van der Waals surface area (Å²) in [5, 5.41) is 9.65. The van der Waals surface area contributed by atoms with Gasteiger partial charge >= 0.3 is 0 Å². The molecule has 0 aliphatic rings. The van der Waals surface area contributed by atoms with E-state index in [1.54, 1.807) is 0 Å². The van der Waals surface area contributed by atoms with Crippen molar-refractivity contribution in [2.75, 3.05) is 23.0 Å². The third-order valence-corrected chi connectivity index (χ3v) is 8.83. The molecule has 0 unspecified atom stereocenters. The predicted molar refractivity (Wildman–Crippen MR) is 161 cm³/mol. The molecule has 17 nitrogen and oxygen atoms in total. The Balaban J connectivity index is -0.000000688. The van der Waals surface area contributed by atoms with Crippen molar-refractivity contribution in [3.05, 3.63) is 0 Å². The van der Waals surface area contributed by atoms with Crippen molar-refractivity contribution < 1.29 is 43.8 Å². The molecule has 0 bridgehead atoms. The molecule has 8 amide bonds. The molecule has 236 valence electrons. The molecule has 0 spiro atoms. The molecular weight excluding hydrogens is 625 g/mol. The summed E-state index contributed by atoms with van der Waals surface area (Å²) >= 11 is 0. The molecular formula is C20H38N8O9S4. The maximum Gasteiger partial charge on any atom is 0.240 e. The van der Waals surface area contributed by atoms with Gasteiger partial charge in [-0.05, 0) is 0 Å². The number of carbonyl (C=O) groups is 8. The Morgan fingerprint density at radius 3 is 0.683 bits per heavy atom. The molecule has 0 aromatic heterocycles. The van der Waals surface area contributed by atoms with E-state index in [0.29, 0.717) is 0 Å². The van der Waals surface area contributed by atoms with Crippen molar-refractivity contribution in [3.8, 4) is 0 Å². The van der Waals surface area contributed by atoms with Gasteiger partial charge in [-0.2, -0.15) is 0 Å². The zero-order valence-corrected chi connectivity index (χ0v) is 26.1. The van der Waals surface area contributed by atoms with Crippen LogP contribution in [0.25, 0.3) is 0 Å². The molecule has 0 aromatic carbocycles. The Labute approximate surface area is 252 Å². The second-order valence-electron chi connectivity index (χ2n) is 7.76. The van der Waals surface area contributed by atoms with E-state index in [1.807, 2.05) is 0 Å². The molecule has 0 aromatic rings. The summed E-state index contributed by atoms with van der Waals surface area (Å²) in [4.78, 5) is 87.7. The molecule has 0 aliphatic heterocycles. The van der Waals surface area contributed by atoms with Crippen LogP contribution in [0, 0.1) is 0 Å². The second-order valence-corrected chi connectivity index (χ2v) is 12.9. The molecule has 0 saturated carbocycles. The summed E-state index contributed by atoms with van der Waals surface area (Å²) in [6.07, 6.45) is 0. The number of rotatable bonds is 18. The highest BCUT2D eigenvalue weighted by Gasteiger charge is 2.20. The van der Waals surface area contributed by atoms with Crippen LogP contribution in [0.15, 0.2) is 0 Å². The standard InChI is InChI=1S/2C10H18N4O4S2.H2O/c2*1-5(15)13-7(9(11)17)3-19-20-4-8(10(12)18)14-6(2)16;/h2*7-8H,3-4H2,1-2H3,(H2,11,17)(H2,12,18)(H,13,15)(H,14,16);1H2/t2*7-,8-;/m00./s1. The zero-order chi connectivity index (χ0) is 31.4. The van der Waals surface area contributed by atoms with Gasteiger partial charge < -0.3 is 49.7 Å². The lowest BCUT2D eigenvalue weighted by atomic mass is 10.3. The Morgan fingerprint density at radius 2 is 0.585 bits per heavy atom. The largest absolute Gasteiger partial charge is 0.412 e. The number of primary amides is 4. The van der Waals surface area contributed by atoms with Crippen molar-refractivity contribution in [3.63, 3.8) is 0 Å². The highest BCUT2D eigenvalue weighted by molar-refractivity contribution is 8.77. The van der Waals surface area contributed by atoms with Gasteiger partial charge in [-0.15, -0.1) is 0 Å². The van der Waals surface area contributed by atoms with Gasteiger partial charge in [0, 0.05) is 50.7 Å². The summed E-state index contributed by atoms with van der Waals surface area (Å²) in [7, 11) is 4.99. The number of nitrogens with two attached hydrogens (primary N) is 4. The average molecular weight is 663 g/mol. The third kappa shape index (κ3) is 24.6. The van der Waals surface area contributed by atoms with Crippen LogP contribution in [-0.2, 0) is 38.4 Å². The van der Waals surface area contributed by atoms with Gasteiger partial charge in [-0.3, -0.25) is 38.4 Å². The Hall–Kier alpha value is -2.88. The topological polar surface area (TPSA) is 320 Å². The van der Waals surface area contributed by atoms with Crippen molar-refractivity contribution in [1.29, 1.82) is 0 Å². The van der Waals surface area contributed by atoms with Gasteiger partial charge in [0.25, 0.3) is 0 Å². The monoisotopic (exact) mass is 662 g/mol. The third-order valence-electron chi connectivity index (χ3n) is 3.99. The number of amides is 8. The summed E-state index contributed by atoms with van der Waals surface area (Å²) < 4.78 is 0. The SMILES string of the molecule is CC(=O)N[C@@H](CSSC[C@H](NC(C)=O)C(N)=O)C(N)=O.CC(=O)N[C@@H](CSSC[C@H](NC(C)=O)C(N)=O)C(N)=O.O. The number of hydrogen-bond acceptors (Lipinski definition) is 12. The Bertz CT molecular complexity index is 785. The maximum atomic E-state index is 11.1. The quantitative estimate of drug-likeness (QED) is 0.0512. The van der Waals surface area contributed by atoms with E-state index >= 15 is 0 Å². The molecule has 41 heavy (non-hydrogen) atoms. The average Bonchev–Trinajstić information content (AvgIpc) is 2.80. The first-order valence-corrected chi connectivity index (χ1v) is 16.2. The predicted octanol–water partition coefficient (Wildman–Crippen LogP) is -4.13. The lowest BCUT2D eigenvalue weighted by Gasteiger charge is -2.15. The van der Waals surface area contributed by atoms with Crippen LogP contribution >= 0.6 is 43.2 Å². The number of carbonyl (C=O) groups excluding carboxylic acids is 8. The van der Waals surface area contributed by atoms with E-state index in [4.69, 9.17) is 22.9 Å². The zero-order valence-electron chi connectivity index (χ0n) is 22.8. The van der Waals surface area contributed by atoms with E-state index < -0.39 is 47.8 Å². The molecule has 0 heterocycles. The van der Waals surface area contributed by atoms with Crippen molar-refractivity contribution in [2.45, 2.75) is 51.9 Å². The molecule has 0 fully saturated rings. The fourth-order valence-corrected chi connectivity index (χ4v) is 6.93. The van der Waals surface area contributed by atoms with E-state index in [2.05, 4.69) is 21.3 Å². The first-order valence-electron chi connectivity index (χ1n) is 11.2. The number of hydrogen-bond donors (Lipinski definition) is 8. The Kier molecular flexibility index (Phi) is 24.7. The smallest absolute Gasteiger partial charge is 0.240 e. The van der Waals surface area contributed by atoms with E-state index in [-0.39, 0.29) is 52.1 Å². The first kappa shape index (κ1) is 42.6. The Morgan fingerprint density at radius 1 is 0.439 bits per heavy atom. The lowest BCUT2D eigenvalue weighted by molar-refractivity contribution is -0.125. The van der Waals surface area contributed by atoms with Crippen molar-refractivity contribution >= 4 is 90.4 Å². The minimum atomic E-state index is -0.780. The van der Waals surface area contributed by atoms with E-state index in [0.717, 1.165) is 0 Å². The first-order chi connectivity index (χ1) is 18.5. The number of nitrogens with one attached hydrogen (secondary N) is 4. The summed E-state index contributed by atoms with van der Waals surface area (Å²) in [6, 6.07) is -3.12. The highest BCUT2D eigenvalue weighted by atomic mass is 33.1. The summed E-state index contributed by atoms with van der Waals surface area (Å²) in [5.41, 5.74) is 20.5. The van der Waals surface area contributed by atoms with Crippen LogP contribution in [0.5, 0.6) is 0 Å². The van der Waals surface area contributed by atoms with Crippen LogP contribution in [0.1, 0.15) is 27.7 Å². The van der Waals surface area contributed by atoms with Gasteiger partial charge in [0.2, 0.25) is 47.3 Å². The molecule has 0 rings (SSSR count). The lowest BCUT2D eigenvalue weighted by Crippen LogP contribution is -2.46. The van der Waals surface area contributed by atoms with Crippen molar-refractivity contribution in [1.82, 2.24) is 21.3 Å². The van der Waals surface area contributed by atoms with Crippen LogP contribution in [-0.4, -0.2) is 99.9 Å². The fraction of sp³-hybridized carbons (Fsp3) is 0.600. The maximum absolute atomic E-state index is 11.1. The molecule has 21 heteroatoms. The minimum absolute atomic E-state index is 0. The van der Waals surface area contributed by atoms with Crippen LogP contribution < -0.4 is 44.2 Å².